The molecule has 0 spiro atoms. The molecule has 0 aliphatic heterocycles. The zero-order chi connectivity index (χ0) is 19.8. The van der Waals surface area contributed by atoms with Gasteiger partial charge in [0.25, 0.3) is 0 Å². The van der Waals surface area contributed by atoms with E-state index in [4.69, 9.17) is 0 Å². The van der Waals surface area contributed by atoms with E-state index in [1.165, 1.54) is 0 Å². The van der Waals surface area contributed by atoms with E-state index in [0.717, 1.165) is 23.1 Å². The van der Waals surface area contributed by atoms with Gasteiger partial charge in [0.1, 0.15) is 6.04 Å². The lowest BCUT2D eigenvalue weighted by Crippen LogP contribution is -2.50. The number of benzene rings is 2. The molecule has 1 atom stereocenters. The number of nitrogens with zero attached hydrogens (tertiary/aromatic N) is 1. The Balaban J connectivity index is 2.15. The van der Waals surface area contributed by atoms with Crippen LogP contribution in [0.25, 0.3) is 0 Å². The highest BCUT2D eigenvalue weighted by Gasteiger charge is 2.26. The predicted molar refractivity (Wildman–Crippen MR) is 109 cm³/mol. The first-order chi connectivity index (χ1) is 12.9. The molecule has 0 aliphatic rings. The zero-order valence-electron chi connectivity index (χ0n) is 16.7. The summed E-state index contributed by atoms with van der Waals surface area (Å²) in [7, 11) is 0. The summed E-state index contributed by atoms with van der Waals surface area (Å²) in [5.41, 5.74) is 3.25. The molecule has 27 heavy (non-hydrogen) atoms. The molecule has 0 aliphatic carbocycles. The second-order valence-electron chi connectivity index (χ2n) is 7.27. The highest BCUT2D eigenvalue weighted by atomic mass is 16.2. The molecule has 2 rings (SSSR count). The molecule has 0 heterocycles. The molecule has 0 saturated carbocycles. The van der Waals surface area contributed by atoms with Crippen molar-refractivity contribution in [3.05, 3.63) is 71.3 Å². The van der Waals surface area contributed by atoms with Crippen molar-refractivity contribution < 1.29 is 9.59 Å². The van der Waals surface area contributed by atoms with Gasteiger partial charge in [-0.1, -0.05) is 54.6 Å². The quantitative estimate of drug-likeness (QED) is 0.777. The first kappa shape index (κ1) is 20.7. The summed E-state index contributed by atoms with van der Waals surface area (Å²) in [6, 6.07) is 17.5. The van der Waals surface area contributed by atoms with E-state index in [1.807, 2.05) is 75.4 Å². The second-order valence-corrected chi connectivity index (χ2v) is 7.27. The monoisotopic (exact) mass is 366 g/mol. The van der Waals surface area contributed by atoms with Gasteiger partial charge in [-0.05, 0) is 50.8 Å². The Hall–Kier alpha value is -2.62. The minimum atomic E-state index is -0.507. The van der Waals surface area contributed by atoms with E-state index in [2.05, 4.69) is 5.32 Å². The van der Waals surface area contributed by atoms with Crippen LogP contribution in [0, 0.1) is 6.92 Å². The summed E-state index contributed by atoms with van der Waals surface area (Å²) >= 11 is 0. The third kappa shape index (κ3) is 6.24. The molecule has 0 saturated heterocycles. The normalized spacial score (nSPS) is 11.9. The molecule has 0 unspecified atom stereocenters. The van der Waals surface area contributed by atoms with E-state index in [0.29, 0.717) is 13.0 Å². The average Bonchev–Trinajstić information content (AvgIpc) is 2.64. The summed E-state index contributed by atoms with van der Waals surface area (Å²) in [4.78, 5) is 27.3. The van der Waals surface area contributed by atoms with Gasteiger partial charge < -0.3 is 10.2 Å². The van der Waals surface area contributed by atoms with Crippen molar-refractivity contribution in [2.24, 2.45) is 0 Å². The Kier molecular flexibility index (Phi) is 7.59. The van der Waals surface area contributed by atoms with Gasteiger partial charge in [0.15, 0.2) is 0 Å². The van der Waals surface area contributed by atoms with E-state index in [-0.39, 0.29) is 17.9 Å². The molecule has 144 valence electrons. The number of aryl methyl sites for hydroxylation is 1. The van der Waals surface area contributed by atoms with E-state index in [1.54, 1.807) is 11.8 Å². The van der Waals surface area contributed by atoms with Crippen LogP contribution in [0.1, 0.15) is 37.5 Å². The van der Waals surface area contributed by atoms with Crippen LogP contribution >= 0.6 is 0 Å². The van der Waals surface area contributed by atoms with E-state index in [9.17, 15) is 9.59 Å². The Morgan fingerprint density at radius 1 is 0.963 bits per heavy atom. The molecule has 0 aromatic heterocycles. The maximum Gasteiger partial charge on any atom is 0.242 e. The standard InChI is InChI=1S/C23H30N2O2/c1-17(2)24-23(27)19(4)25(15-14-20-11-6-5-7-12-20)22(26)16-21-13-9-8-10-18(21)3/h5-13,17,19H,14-16H2,1-4H3,(H,24,27)/t19-/m0/s1. The second kappa shape index (κ2) is 9.91. The van der Waals surface area contributed by atoms with Crippen LogP contribution in [0.4, 0.5) is 0 Å². The van der Waals surface area contributed by atoms with Crippen LogP contribution in [0.5, 0.6) is 0 Å². The summed E-state index contributed by atoms with van der Waals surface area (Å²) < 4.78 is 0. The number of amides is 2. The van der Waals surface area contributed by atoms with Crippen LogP contribution in [0.3, 0.4) is 0 Å². The van der Waals surface area contributed by atoms with Gasteiger partial charge in [-0.25, -0.2) is 0 Å². The van der Waals surface area contributed by atoms with Gasteiger partial charge in [0.05, 0.1) is 6.42 Å². The van der Waals surface area contributed by atoms with Gasteiger partial charge in [-0.2, -0.15) is 0 Å². The Morgan fingerprint density at radius 3 is 2.22 bits per heavy atom. The van der Waals surface area contributed by atoms with Crippen molar-refractivity contribution in [2.75, 3.05) is 6.54 Å². The molecular weight excluding hydrogens is 336 g/mol. The van der Waals surface area contributed by atoms with Crippen LogP contribution in [-0.2, 0) is 22.4 Å². The highest BCUT2D eigenvalue weighted by molar-refractivity contribution is 5.88. The highest BCUT2D eigenvalue weighted by Crippen LogP contribution is 2.12. The van der Waals surface area contributed by atoms with Crippen molar-refractivity contribution >= 4 is 11.8 Å². The van der Waals surface area contributed by atoms with Crippen LogP contribution in [0.15, 0.2) is 54.6 Å². The summed E-state index contributed by atoms with van der Waals surface area (Å²) in [6.45, 7) is 8.17. The summed E-state index contributed by atoms with van der Waals surface area (Å²) in [6.07, 6.45) is 1.03. The lowest BCUT2D eigenvalue weighted by atomic mass is 10.0. The summed E-state index contributed by atoms with van der Waals surface area (Å²) in [5.74, 6) is -0.136. The van der Waals surface area contributed by atoms with Gasteiger partial charge in [0.2, 0.25) is 11.8 Å². The Morgan fingerprint density at radius 2 is 1.59 bits per heavy atom. The Bertz CT molecular complexity index is 756. The minimum absolute atomic E-state index is 0.0216. The zero-order valence-corrected chi connectivity index (χ0v) is 16.7. The van der Waals surface area contributed by atoms with Gasteiger partial charge in [0, 0.05) is 12.6 Å². The van der Waals surface area contributed by atoms with Gasteiger partial charge in [-0.3, -0.25) is 9.59 Å². The first-order valence-electron chi connectivity index (χ1n) is 9.56. The maximum atomic E-state index is 13.1. The molecule has 0 fully saturated rings. The van der Waals surface area contributed by atoms with E-state index < -0.39 is 6.04 Å². The van der Waals surface area contributed by atoms with E-state index >= 15 is 0 Å². The number of nitrogens with one attached hydrogen (secondary N) is 1. The summed E-state index contributed by atoms with van der Waals surface area (Å²) in [5, 5.41) is 2.92. The van der Waals surface area contributed by atoms with Gasteiger partial charge >= 0.3 is 0 Å². The SMILES string of the molecule is Cc1ccccc1CC(=O)N(CCc1ccccc1)[C@@H](C)C(=O)NC(C)C. The van der Waals surface area contributed by atoms with Crippen molar-refractivity contribution in [2.45, 2.75) is 52.6 Å². The van der Waals surface area contributed by atoms with Crippen LogP contribution in [-0.4, -0.2) is 35.3 Å². The molecule has 4 nitrogen and oxygen atoms in total. The van der Waals surface area contributed by atoms with Crippen LogP contribution in [0.2, 0.25) is 0 Å². The fraction of sp³-hybridized carbons (Fsp3) is 0.391. The topological polar surface area (TPSA) is 49.4 Å². The molecule has 2 amide bonds. The number of hydrogen-bond acceptors (Lipinski definition) is 2. The third-order valence-electron chi connectivity index (χ3n) is 4.69. The minimum Gasteiger partial charge on any atom is -0.352 e. The molecule has 2 aromatic rings. The predicted octanol–water partition coefficient (Wildman–Crippen LogP) is 3.52. The third-order valence-corrected chi connectivity index (χ3v) is 4.69. The fourth-order valence-corrected chi connectivity index (χ4v) is 3.05. The lowest BCUT2D eigenvalue weighted by Gasteiger charge is -2.29. The smallest absolute Gasteiger partial charge is 0.242 e. The molecule has 0 bridgehead atoms. The molecule has 2 aromatic carbocycles. The van der Waals surface area contributed by atoms with Crippen molar-refractivity contribution in [3.8, 4) is 0 Å². The van der Waals surface area contributed by atoms with Crippen LogP contribution < -0.4 is 5.32 Å². The number of carbonyl (C=O) groups is 2. The largest absolute Gasteiger partial charge is 0.352 e. The lowest BCUT2D eigenvalue weighted by molar-refractivity contribution is -0.139. The molecule has 1 N–H and O–H groups in total. The van der Waals surface area contributed by atoms with Crippen molar-refractivity contribution in [3.63, 3.8) is 0 Å². The Labute approximate surface area is 162 Å². The van der Waals surface area contributed by atoms with Gasteiger partial charge in [-0.15, -0.1) is 0 Å². The first-order valence-corrected chi connectivity index (χ1v) is 9.56. The number of hydrogen-bond donors (Lipinski definition) is 1. The maximum absolute atomic E-state index is 13.1. The van der Waals surface area contributed by atoms with Crippen molar-refractivity contribution in [1.29, 1.82) is 0 Å². The average molecular weight is 367 g/mol. The van der Waals surface area contributed by atoms with Crippen molar-refractivity contribution in [1.82, 2.24) is 10.2 Å². The number of carbonyl (C=O) groups excluding carboxylic acids is 2. The molecule has 0 radical (unpaired) electrons. The molecule has 4 heteroatoms. The fourth-order valence-electron chi connectivity index (χ4n) is 3.05. The number of rotatable bonds is 8. The molecular formula is C23H30N2O2.